The number of urea groups is 1. The molecule has 0 aromatic heterocycles. The van der Waals surface area contributed by atoms with E-state index in [1.165, 1.54) is 12.7 Å². The van der Waals surface area contributed by atoms with Crippen LogP contribution in [-0.4, -0.2) is 19.1 Å². The second kappa shape index (κ2) is 8.33. The Morgan fingerprint density at radius 3 is 1.96 bits per heavy atom. The number of hydrogen-bond donors (Lipinski definition) is 2. The second-order valence-corrected chi connectivity index (χ2v) is 6.21. The van der Waals surface area contributed by atoms with E-state index >= 15 is 0 Å². The van der Waals surface area contributed by atoms with Crippen molar-refractivity contribution in [2.75, 3.05) is 12.4 Å². The van der Waals surface area contributed by atoms with E-state index in [0.717, 1.165) is 5.56 Å². The zero-order chi connectivity index (χ0) is 18.4. The van der Waals surface area contributed by atoms with Gasteiger partial charge in [0.15, 0.2) is 0 Å². The van der Waals surface area contributed by atoms with Gasteiger partial charge in [0.1, 0.15) is 0 Å². The maximum atomic E-state index is 12.1. The van der Waals surface area contributed by atoms with Crippen LogP contribution in [-0.2, 0) is 4.74 Å². The number of nitrogens with one attached hydrogen (secondary N) is 2. The Kier molecular flexibility index (Phi) is 6.17. The summed E-state index contributed by atoms with van der Waals surface area (Å²) in [6.07, 6.45) is 0. The Morgan fingerprint density at radius 1 is 0.880 bits per heavy atom. The molecule has 0 bridgehead atoms. The molecule has 2 rings (SSSR count). The summed E-state index contributed by atoms with van der Waals surface area (Å²) in [5.41, 5.74) is 3.35. The molecule has 0 aliphatic heterocycles. The minimum atomic E-state index is -0.408. The van der Waals surface area contributed by atoms with Gasteiger partial charge < -0.3 is 15.4 Å². The molecule has 0 saturated carbocycles. The summed E-state index contributed by atoms with van der Waals surface area (Å²) in [4.78, 5) is 23.5. The highest BCUT2D eigenvalue weighted by atomic mass is 16.5. The number of anilines is 1. The lowest BCUT2D eigenvalue weighted by molar-refractivity contribution is 0.0600. The van der Waals surface area contributed by atoms with E-state index in [1.807, 2.05) is 19.1 Å². The van der Waals surface area contributed by atoms with Crippen molar-refractivity contribution in [3.63, 3.8) is 0 Å². The summed E-state index contributed by atoms with van der Waals surface area (Å²) in [6, 6.07) is 14.4. The summed E-state index contributed by atoms with van der Waals surface area (Å²) in [7, 11) is 1.33. The standard InChI is InChI=1S/C20H24N2O3/c1-13(2)15-5-7-16(8-6-15)14(3)21-20(24)22-18-11-9-17(10-12-18)19(23)25-4/h5-14H,1-4H3,(H2,21,22,24). The molecule has 2 aromatic rings. The second-order valence-electron chi connectivity index (χ2n) is 6.21. The van der Waals surface area contributed by atoms with Crippen molar-refractivity contribution in [3.05, 3.63) is 65.2 Å². The van der Waals surface area contributed by atoms with Crippen molar-refractivity contribution < 1.29 is 14.3 Å². The van der Waals surface area contributed by atoms with Gasteiger partial charge in [0, 0.05) is 5.69 Å². The quantitative estimate of drug-likeness (QED) is 0.789. The molecule has 5 nitrogen and oxygen atoms in total. The fourth-order valence-corrected chi connectivity index (χ4v) is 2.42. The first-order valence-corrected chi connectivity index (χ1v) is 8.26. The van der Waals surface area contributed by atoms with Crippen molar-refractivity contribution >= 4 is 17.7 Å². The number of carbonyl (C=O) groups is 2. The maximum absolute atomic E-state index is 12.1. The molecular weight excluding hydrogens is 316 g/mol. The molecule has 0 saturated heterocycles. The Morgan fingerprint density at radius 2 is 1.44 bits per heavy atom. The molecule has 5 heteroatoms. The van der Waals surface area contributed by atoms with Gasteiger partial charge in [-0.2, -0.15) is 0 Å². The first-order valence-electron chi connectivity index (χ1n) is 8.26. The van der Waals surface area contributed by atoms with Gasteiger partial charge in [-0.1, -0.05) is 38.1 Å². The van der Waals surface area contributed by atoms with Crippen molar-refractivity contribution in [2.24, 2.45) is 0 Å². The first-order chi connectivity index (χ1) is 11.9. The smallest absolute Gasteiger partial charge is 0.337 e. The summed E-state index contributed by atoms with van der Waals surface area (Å²) >= 11 is 0. The molecular formula is C20H24N2O3. The van der Waals surface area contributed by atoms with Gasteiger partial charge in [-0.3, -0.25) is 0 Å². The van der Waals surface area contributed by atoms with Gasteiger partial charge in [0.2, 0.25) is 0 Å². The molecule has 2 N–H and O–H groups in total. The first kappa shape index (κ1) is 18.5. The predicted octanol–water partition coefficient (Wildman–Crippen LogP) is 4.48. The highest BCUT2D eigenvalue weighted by Gasteiger charge is 2.11. The number of methoxy groups -OCH3 is 1. The summed E-state index contributed by atoms with van der Waals surface area (Å²) < 4.78 is 4.64. The molecule has 132 valence electrons. The molecule has 0 aliphatic carbocycles. The Balaban J connectivity index is 1.93. The van der Waals surface area contributed by atoms with Crippen LogP contribution in [0, 0.1) is 0 Å². The molecule has 25 heavy (non-hydrogen) atoms. The summed E-state index contributed by atoms with van der Waals surface area (Å²) in [5, 5.41) is 5.65. The molecule has 0 aliphatic rings. The third-order valence-corrected chi connectivity index (χ3v) is 4.01. The predicted molar refractivity (Wildman–Crippen MR) is 98.9 cm³/mol. The van der Waals surface area contributed by atoms with E-state index in [4.69, 9.17) is 0 Å². The lowest BCUT2D eigenvalue weighted by Crippen LogP contribution is -2.31. The lowest BCUT2D eigenvalue weighted by atomic mass is 10.00. The van der Waals surface area contributed by atoms with E-state index in [0.29, 0.717) is 17.2 Å². The third kappa shape index (κ3) is 5.08. The lowest BCUT2D eigenvalue weighted by Gasteiger charge is -2.16. The fraction of sp³-hybridized carbons (Fsp3) is 0.300. The van der Waals surface area contributed by atoms with Crippen molar-refractivity contribution in [1.82, 2.24) is 5.32 Å². The van der Waals surface area contributed by atoms with Crippen LogP contribution in [0.5, 0.6) is 0 Å². The highest BCUT2D eigenvalue weighted by Crippen LogP contribution is 2.19. The van der Waals surface area contributed by atoms with Crippen LogP contribution in [0.1, 0.15) is 54.2 Å². The van der Waals surface area contributed by atoms with Crippen LogP contribution in [0.25, 0.3) is 0 Å². The monoisotopic (exact) mass is 340 g/mol. The van der Waals surface area contributed by atoms with Gasteiger partial charge in [-0.15, -0.1) is 0 Å². The van der Waals surface area contributed by atoms with E-state index in [1.54, 1.807) is 24.3 Å². The van der Waals surface area contributed by atoms with Gasteiger partial charge in [-0.25, -0.2) is 9.59 Å². The minimum Gasteiger partial charge on any atom is -0.465 e. The average molecular weight is 340 g/mol. The zero-order valence-corrected chi connectivity index (χ0v) is 15.0. The van der Waals surface area contributed by atoms with Crippen molar-refractivity contribution in [2.45, 2.75) is 32.7 Å². The van der Waals surface area contributed by atoms with Crippen LogP contribution in [0.2, 0.25) is 0 Å². The van der Waals surface area contributed by atoms with E-state index < -0.39 is 5.97 Å². The number of hydrogen-bond acceptors (Lipinski definition) is 3. The topological polar surface area (TPSA) is 67.4 Å². The van der Waals surface area contributed by atoms with Crippen LogP contribution in [0.3, 0.4) is 0 Å². The number of amides is 2. The van der Waals surface area contributed by atoms with Gasteiger partial charge in [0.05, 0.1) is 18.7 Å². The number of benzene rings is 2. The van der Waals surface area contributed by atoms with Crippen LogP contribution in [0.15, 0.2) is 48.5 Å². The van der Waals surface area contributed by atoms with Crippen LogP contribution in [0.4, 0.5) is 10.5 Å². The molecule has 2 aromatic carbocycles. The molecule has 0 fully saturated rings. The molecule has 2 amide bonds. The van der Waals surface area contributed by atoms with Gasteiger partial charge in [0.25, 0.3) is 0 Å². The number of ether oxygens (including phenoxy) is 1. The minimum absolute atomic E-state index is 0.115. The van der Waals surface area contributed by atoms with Crippen LogP contribution >= 0.6 is 0 Å². The Labute approximate surface area is 148 Å². The maximum Gasteiger partial charge on any atom is 0.337 e. The van der Waals surface area contributed by atoms with E-state index in [-0.39, 0.29) is 12.1 Å². The Bertz CT molecular complexity index is 722. The zero-order valence-electron chi connectivity index (χ0n) is 15.0. The SMILES string of the molecule is COC(=O)c1ccc(NC(=O)NC(C)c2ccc(C(C)C)cc2)cc1. The summed E-state index contributed by atoms with van der Waals surface area (Å²) in [6.45, 7) is 6.23. The molecule has 1 unspecified atom stereocenters. The number of carbonyl (C=O) groups excluding carboxylic acids is 2. The third-order valence-electron chi connectivity index (χ3n) is 4.01. The van der Waals surface area contributed by atoms with Crippen molar-refractivity contribution in [1.29, 1.82) is 0 Å². The summed E-state index contributed by atoms with van der Waals surface area (Å²) in [5.74, 6) is 0.0723. The number of esters is 1. The fourth-order valence-electron chi connectivity index (χ4n) is 2.42. The van der Waals surface area contributed by atoms with E-state index in [2.05, 4.69) is 41.4 Å². The molecule has 1 atom stereocenters. The molecule has 0 radical (unpaired) electrons. The molecule has 0 heterocycles. The normalized spacial score (nSPS) is 11.7. The van der Waals surface area contributed by atoms with Gasteiger partial charge in [-0.05, 0) is 48.2 Å². The van der Waals surface area contributed by atoms with Crippen LogP contribution < -0.4 is 10.6 Å². The van der Waals surface area contributed by atoms with Gasteiger partial charge >= 0.3 is 12.0 Å². The Hall–Kier alpha value is -2.82. The number of rotatable bonds is 5. The molecule has 0 spiro atoms. The highest BCUT2D eigenvalue weighted by molar-refractivity contribution is 5.92. The van der Waals surface area contributed by atoms with Crippen molar-refractivity contribution in [3.8, 4) is 0 Å². The average Bonchev–Trinajstić information content (AvgIpc) is 2.61. The largest absolute Gasteiger partial charge is 0.465 e. The van der Waals surface area contributed by atoms with E-state index in [9.17, 15) is 9.59 Å².